The molecule has 0 aliphatic rings. The molecule has 17 heavy (non-hydrogen) atoms. The highest BCUT2D eigenvalue weighted by atomic mass is 79.9. The maximum absolute atomic E-state index is 13.4. The van der Waals surface area contributed by atoms with Gasteiger partial charge in [0.05, 0.1) is 4.47 Å². The van der Waals surface area contributed by atoms with Gasteiger partial charge in [-0.3, -0.25) is 0 Å². The van der Waals surface area contributed by atoms with Crippen molar-refractivity contribution in [2.75, 3.05) is 0 Å². The van der Waals surface area contributed by atoms with E-state index < -0.39 is 0 Å². The lowest BCUT2D eigenvalue weighted by atomic mass is 10.2. The van der Waals surface area contributed by atoms with Crippen molar-refractivity contribution in [1.29, 1.82) is 0 Å². The fourth-order valence-corrected chi connectivity index (χ4v) is 2.03. The second-order valence-electron chi connectivity index (χ2n) is 3.43. The van der Waals surface area contributed by atoms with E-state index in [0.29, 0.717) is 11.6 Å². The van der Waals surface area contributed by atoms with Crippen LogP contribution in [0.15, 0.2) is 46.9 Å². The SMILES string of the molecule is Fc1ccccc1Oc1ccc(CCl)cc1Br. The molecular formula is C13H9BrClFO. The van der Waals surface area contributed by atoms with Gasteiger partial charge in [0.1, 0.15) is 5.75 Å². The molecule has 2 aromatic carbocycles. The molecule has 0 spiro atoms. The molecule has 0 bridgehead atoms. The summed E-state index contributed by atoms with van der Waals surface area (Å²) in [6.07, 6.45) is 0. The zero-order chi connectivity index (χ0) is 12.3. The molecule has 0 heterocycles. The minimum absolute atomic E-state index is 0.201. The first-order valence-corrected chi connectivity index (χ1v) is 6.30. The van der Waals surface area contributed by atoms with Crippen LogP contribution in [-0.2, 0) is 5.88 Å². The van der Waals surface area contributed by atoms with Gasteiger partial charge in [-0.15, -0.1) is 11.6 Å². The standard InChI is InChI=1S/C13H9BrClFO/c14-10-7-9(8-15)5-6-12(10)17-13-4-2-1-3-11(13)16/h1-7H,8H2. The minimum Gasteiger partial charge on any atom is -0.453 e. The number of halogens is 3. The fraction of sp³-hybridized carbons (Fsp3) is 0.0769. The molecule has 0 N–H and O–H groups in total. The Balaban J connectivity index is 2.28. The molecule has 0 atom stereocenters. The van der Waals surface area contributed by atoms with Gasteiger partial charge in [0.25, 0.3) is 0 Å². The van der Waals surface area contributed by atoms with E-state index >= 15 is 0 Å². The van der Waals surface area contributed by atoms with Crippen molar-refractivity contribution >= 4 is 27.5 Å². The minimum atomic E-state index is -0.388. The van der Waals surface area contributed by atoms with Gasteiger partial charge in [-0.1, -0.05) is 18.2 Å². The van der Waals surface area contributed by atoms with Crippen LogP contribution in [0, 0.1) is 5.82 Å². The van der Waals surface area contributed by atoms with Gasteiger partial charge in [-0.05, 0) is 45.8 Å². The summed E-state index contributed by atoms with van der Waals surface area (Å²) in [6.45, 7) is 0. The van der Waals surface area contributed by atoms with E-state index in [-0.39, 0.29) is 11.6 Å². The lowest BCUT2D eigenvalue weighted by Crippen LogP contribution is -1.89. The summed E-state index contributed by atoms with van der Waals surface area (Å²) in [5, 5.41) is 0. The molecule has 0 aliphatic heterocycles. The zero-order valence-corrected chi connectivity index (χ0v) is 11.1. The molecule has 0 radical (unpaired) electrons. The summed E-state index contributed by atoms with van der Waals surface area (Å²) < 4.78 is 19.6. The number of para-hydroxylation sites is 1. The van der Waals surface area contributed by atoms with E-state index in [0.717, 1.165) is 10.0 Å². The molecule has 0 saturated carbocycles. The summed E-state index contributed by atoms with van der Waals surface area (Å²) in [5.74, 6) is 0.801. The zero-order valence-electron chi connectivity index (χ0n) is 8.79. The molecule has 4 heteroatoms. The Labute approximate surface area is 112 Å². The highest BCUT2D eigenvalue weighted by Gasteiger charge is 2.07. The van der Waals surface area contributed by atoms with E-state index in [1.165, 1.54) is 6.07 Å². The third-order valence-corrected chi connectivity index (χ3v) is 3.14. The summed E-state index contributed by atoms with van der Waals surface area (Å²) >= 11 is 9.08. The Morgan fingerprint density at radius 1 is 1.12 bits per heavy atom. The molecule has 1 nitrogen and oxygen atoms in total. The first-order chi connectivity index (χ1) is 8.20. The lowest BCUT2D eigenvalue weighted by Gasteiger charge is -2.09. The third kappa shape index (κ3) is 2.99. The topological polar surface area (TPSA) is 9.23 Å². The summed E-state index contributed by atoms with van der Waals surface area (Å²) in [5.41, 5.74) is 0.972. The Bertz CT molecular complexity index is 531. The first-order valence-electron chi connectivity index (χ1n) is 4.97. The predicted octanol–water partition coefficient (Wildman–Crippen LogP) is 5.12. The van der Waals surface area contributed by atoms with Crippen LogP contribution in [0.5, 0.6) is 11.5 Å². The maximum atomic E-state index is 13.4. The molecule has 0 saturated heterocycles. The smallest absolute Gasteiger partial charge is 0.165 e. The molecular weight excluding hydrogens is 306 g/mol. The number of ether oxygens (including phenoxy) is 1. The van der Waals surface area contributed by atoms with Crippen LogP contribution >= 0.6 is 27.5 Å². The molecule has 0 aromatic heterocycles. The van der Waals surface area contributed by atoms with Crippen molar-refractivity contribution in [3.63, 3.8) is 0 Å². The first kappa shape index (κ1) is 12.4. The van der Waals surface area contributed by atoms with Crippen LogP contribution in [0.1, 0.15) is 5.56 Å². The number of hydrogen-bond acceptors (Lipinski definition) is 1. The summed E-state index contributed by atoms with van der Waals surface area (Å²) in [4.78, 5) is 0. The molecule has 0 amide bonds. The Morgan fingerprint density at radius 3 is 2.53 bits per heavy atom. The monoisotopic (exact) mass is 314 g/mol. The van der Waals surface area contributed by atoms with Crippen LogP contribution in [0.3, 0.4) is 0 Å². The van der Waals surface area contributed by atoms with Gasteiger partial charge in [0.15, 0.2) is 11.6 Å². The second kappa shape index (κ2) is 5.52. The van der Waals surface area contributed by atoms with Crippen molar-refractivity contribution in [2.45, 2.75) is 5.88 Å². The molecule has 0 unspecified atom stereocenters. The number of benzene rings is 2. The van der Waals surface area contributed by atoms with Gasteiger partial charge in [-0.25, -0.2) is 4.39 Å². The number of alkyl halides is 1. The lowest BCUT2D eigenvalue weighted by molar-refractivity contribution is 0.440. The summed E-state index contributed by atoms with van der Waals surface area (Å²) in [7, 11) is 0. The molecule has 2 aromatic rings. The van der Waals surface area contributed by atoms with Gasteiger partial charge in [-0.2, -0.15) is 0 Å². The largest absolute Gasteiger partial charge is 0.453 e. The van der Waals surface area contributed by atoms with E-state index in [9.17, 15) is 4.39 Å². The van der Waals surface area contributed by atoms with E-state index in [1.54, 1.807) is 24.3 Å². The van der Waals surface area contributed by atoms with E-state index in [1.807, 2.05) is 12.1 Å². The number of hydrogen-bond donors (Lipinski definition) is 0. The van der Waals surface area contributed by atoms with Crippen LogP contribution in [0.2, 0.25) is 0 Å². The Hall–Kier alpha value is -1.06. The fourth-order valence-electron chi connectivity index (χ4n) is 1.36. The van der Waals surface area contributed by atoms with Crippen molar-refractivity contribution in [3.05, 3.63) is 58.3 Å². The average Bonchev–Trinajstić information content (AvgIpc) is 2.34. The molecule has 0 fully saturated rings. The van der Waals surface area contributed by atoms with Crippen LogP contribution in [0.4, 0.5) is 4.39 Å². The number of rotatable bonds is 3. The van der Waals surface area contributed by atoms with Crippen LogP contribution < -0.4 is 4.74 Å². The van der Waals surface area contributed by atoms with Crippen molar-refractivity contribution in [2.24, 2.45) is 0 Å². The van der Waals surface area contributed by atoms with Gasteiger partial charge < -0.3 is 4.74 Å². The molecule has 88 valence electrons. The van der Waals surface area contributed by atoms with Crippen molar-refractivity contribution < 1.29 is 9.13 Å². The van der Waals surface area contributed by atoms with Crippen molar-refractivity contribution in [3.8, 4) is 11.5 Å². The quantitative estimate of drug-likeness (QED) is 0.714. The molecule has 0 aliphatic carbocycles. The third-order valence-electron chi connectivity index (χ3n) is 2.21. The maximum Gasteiger partial charge on any atom is 0.165 e. The van der Waals surface area contributed by atoms with Gasteiger partial charge in [0, 0.05) is 5.88 Å². The Morgan fingerprint density at radius 2 is 1.88 bits per heavy atom. The van der Waals surface area contributed by atoms with E-state index in [2.05, 4.69) is 15.9 Å². The van der Waals surface area contributed by atoms with Gasteiger partial charge >= 0.3 is 0 Å². The predicted molar refractivity (Wildman–Crippen MR) is 70.2 cm³/mol. The average molecular weight is 316 g/mol. The van der Waals surface area contributed by atoms with Gasteiger partial charge in [0.2, 0.25) is 0 Å². The van der Waals surface area contributed by atoms with E-state index in [4.69, 9.17) is 16.3 Å². The molecule has 2 rings (SSSR count). The normalized spacial score (nSPS) is 10.3. The second-order valence-corrected chi connectivity index (χ2v) is 4.55. The van der Waals surface area contributed by atoms with Crippen molar-refractivity contribution in [1.82, 2.24) is 0 Å². The Kier molecular flexibility index (Phi) is 4.02. The summed E-state index contributed by atoms with van der Waals surface area (Å²) in [6, 6.07) is 11.7. The highest BCUT2D eigenvalue weighted by molar-refractivity contribution is 9.10. The van der Waals surface area contributed by atoms with Crippen LogP contribution in [-0.4, -0.2) is 0 Å². The van der Waals surface area contributed by atoms with Crippen LogP contribution in [0.25, 0.3) is 0 Å². The highest BCUT2D eigenvalue weighted by Crippen LogP contribution is 2.31.